The SMILES string of the molecule is Cc1ncccc1O[C@H]1CO[C@H]2[C@@H]1OC[C@@H]2NC(=O)N[C@H]1C[C@H]2CC[C@H]1C2. The molecule has 4 fully saturated rings. The first kappa shape index (κ1) is 17.3. The molecule has 1 aromatic heterocycles. The van der Waals surface area contributed by atoms with Crippen LogP contribution in [0.5, 0.6) is 5.75 Å². The molecule has 27 heavy (non-hydrogen) atoms. The lowest BCUT2D eigenvalue weighted by atomic mass is 9.95. The molecule has 7 atom stereocenters. The number of carbonyl (C=O) groups is 1. The third-order valence-corrected chi connectivity index (χ3v) is 6.62. The minimum atomic E-state index is -0.182. The van der Waals surface area contributed by atoms with Crippen molar-refractivity contribution in [2.45, 2.75) is 63.0 Å². The van der Waals surface area contributed by atoms with Gasteiger partial charge in [-0.15, -0.1) is 0 Å². The highest BCUT2D eigenvalue weighted by Crippen LogP contribution is 2.44. The van der Waals surface area contributed by atoms with Crippen LogP contribution in [0.4, 0.5) is 4.79 Å². The van der Waals surface area contributed by atoms with Gasteiger partial charge in [0.2, 0.25) is 0 Å². The number of aromatic nitrogens is 1. The van der Waals surface area contributed by atoms with Crippen molar-refractivity contribution in [3.05, 3.63) is 24.0 Å². The Morgan fingerprint density at radius 3 is 2.78 bits per heavy atom. The van der Waals surface area contributed by atoms with E-state index in [1.54, 1.807) is 6.20 Å². The molecule has 2 bridgehead atoms. The van der Waals surface area contributed by atoms with E-state index in [-0.39, 0.29) is 30.4 Å². The van der Waals surface area contributed by atoms with Crippen molar-refractivity contribution in [2.24, 2.45) is 11.8 Å². The van der Waals surface area contributed by atoms with Crippen molar-refractivity contribution in [2.75, 3.05) is 13.2 Å². The van der Waals surface area contributed by atoms with Crippen LogP contribution in [0.2, 0.25) is 0 Å². The fourth-order valence-electron chi connectivity index (χ4n) is 5.25. The number of hydrogen-bond donors (Lipinski definition) is 2. The maximum Gasteiger partial charge on any atom is 0.315 e. The van der Waals surface area contributed by atoms with Crippen LogP contribution >= 0.6 is 0 Å². The standard InChI is InChI=1S/C20H27N3O4/c1-11-16(3-2-6-21-11)27-17-10-26-18-15(9-25-19(17)18)23-20(24)22-14-8-12-4-5-13(14)7-12/h2-3,6,12-15,17-19H,4-5,7-10H2,1H3,(H2,22,23,24)/t12-,13-,14-,15-,17-,18+,19+/m0/s1. The highest BCUT2D eigenvalue weighted by Gasteiger charge is 2.50. The number of rotatable bonds is 4. The first-order valence-electron chi connectivity index (χ1n) is 10.1. The lowest BCUT2D eigenvalue weighted by molar-refractivity contribution is 0.0299. The number of aryl methyl sites for hydroxylation is 1. The quantitative estimate of drug-likeness (QED) is 0.841. The summed E-state index contributed by atoms with van der Waals surface area (Å²) in [6.07, 6.45) is 6.21. The van der Waals surface area contributed by atoms with E-state index in [1.165, 1.54) is 19.3 Å². The number of ether oxygens (including phenoxy) is 3. The topological polar surface area (TPSA) is 81.7 Å². The van der Waals surface area contributed by atoms with Gasteiger partial charge in [0.05, 0.1) is 24.9 Å². The lowest BCUT2D eigenvalue weighted by Crippen LogP contribution is -2.51. The molecule has 2 N–H and O–H groups in total. The second-order valence-corrected chi connectivity index (χ2v) is 8.34. The third kappa shape index (κ3) is 3.27. The van der Waals surface area contributed by atoms with E-state index in [2.05, 4.69) is 15.6 Å². The van der Waals surface area contributed by atoms with Crippen molar-refractivity contribution in [3.63, 3.8) is 0 Å². The molecule has 2 saturated carbocycles. The average Bonchev–Trinajstić information content (AvgIpc) is 3.41. The normalized spacial score (nSPS) is 39.4. The number of nitrogens with zero attached hydrogens (tertiary/aromatic N) is 1. The molecule has 146 valence electrons. The van der Waals surface area contributed by atoms with Gasteiger partial charge in [0.25, 0.3) is 0 Å². The van der Waals surface area contributed by atoms with E-state index < -0.39 is 0 Å². The van der Waals surface area contributed by atoms with Crippen LogP contribution in [0.25, 0.3) is 0 Å². The van der Waals surface area contributed by atoms with Gasteiger partial charge in [-0.3, -0.25) is 4.98 Å². The van der Waals surface area contributed by atoms with E-state index in [0.29, 0.717) is 25.2 Å². The Hall–Kier alpha value is -1.86. The molecule has 0 aromatic carbocycles. The molecule has 2 saturated heterocycles. The second-order valence-electron chi connectivity index (χ2n) is 8.34. The predicted molar refractivity (Wildman–Crippen MR) is 97.6 cm³/mol. The summed E-state index contributed by atoms with van der Waals surface area (Å²) in [5.74, 6) is 2.23. The summed E-state index contributed by atoms with van der Waals surface area (Å²) in [6.45, 7) is 2.82. The number of carbonyl (C=O) groups excluding carboxylic acids is 1. The molecule has 7 nitrogen and oxygen atoms in total. The van der Waals surface area contributed by atoms with Crippen molar-refractivity contribution in [3.8, 4) is 5.75 Å². The van der Waals surface area contributed by atoms with Gasteiger partial charge in [-0.05, 0) is 50.2 Å². The number of fused-ring (bicyclic) bond motifs is 3. The summed E-state index contributed by atoms with van der Waals surface area (Å²) >= 11 is 0. The Balaban J connectivity index is 1.16. The van der Waals surface area contributed by atoms with Crippen LogP contribution in [0.15, 0.2) is 18.3 Å². The largest absolute Gasteiger partial charge is 0.483 e. The zero-order valence-corrected chi connectivity index (χ0v) is 15.6. The molecule has 0 spiro atoms. The molecular weight excluding hydrogens is 346 g/mol. The highest BCUT2D eigenvalue weighted by molar-refractivity contribution is 5.74. The van der Waals surface area contributed by atoms with Crippen LogP contribution < -0.4 is 15.4 Å². The van der Waals surface area contributed by atoms with E-state index >= 15 is 0 Å². The van der Waals surface area contributed by atoms with E-state index in [1.807, 2.05) is 19.1 Å². The summed E-state index contributed by atoms with van der Waals surface area (Å²) in [5, 5.41) is 6.24. The molecule has 0 radical (unpaired) electrons. The molecule has 7 heteroatoms. The van der Waals surface area contributed by atoms with Crippen LogP contribution in [-0.2, 0) is 9.47 Å². The van der Waals surface area contributed by atoms with Gasteiger partial charge >= 0.3 is 6.03 Å². The molecule has 3 heterocycles. The summed E-state index contributed by atoms with van der Waals surface area (Å²) < 4.78 is 17.9. The summed E-state index contributed by atoms with van der Waals surface area (Å²) in [5.41, 5.74) is 0.846. The van der Waals surface area contributed by atoms with Crippen molar-refractivity contribution < 1.29 is 19.0 Å². The molecule has 2 aliphatic heterocycles. The van der Waals surface area contributed by atoms with Gasteiger partial charge < -0.3 is 24.8 Å². The molecule has 2 aliphatic carbocycles. The first-order chi connectivity index (χ1) is 13.2. The van der Waals surface area contributed by atoms with Crippen LogP contribution in [0, 0.1) is 18.8 Å². The first-order valence-corrected chi connectivity index (χ1v) is 10.1. The Labute approximate surface area is 159 Å². The molecule has 1 aromatic rings. The van der Waals surface area contributed by atoms with Gasteiger partial charge in [-0.2, -0.15) is 0 Å². The predicted octanol–water partition coefficient (Wildman–Crippen LogP) is 1.79. The monoisotopic (exact) mass is 373 g/mol. The van der Waals surface area contributed by atoms with Gasteiger partial charge in [0, 0.05) is 12.2 Å². The molecule has 2 amide bonds. The van der Waals surface area contributed by atoms with E-state index in [9.17, 15) is 4.79 Å². The minimum Gasteiger partial charge on any atom is -0.483 e. The van der Waals surface area contributed by atoms with Crippen molar-refractivity contribution in [1.82, 2.24) is 15.6 Å². The van der Waals surface area contributed by atoms with Crippen LogP contribution in [-0.4, -0.2) is 54.6 Å². The Kier molecular flexibility index (Phi) is 4.44. The van der Waals surface area contributed by atoms with Gasteiger partial charge in [0.1, 0.15) is 18.0 Å². The average molecular weight is 373 g/mol. The van der Waals surface area contributed by atoms with E-state index in [4.69, 9.17) is 14.2 Å². The van der Waals surface area contributed by atoms with Crippen LogP contribution in [0.3, 0.4) is 0 Å². The molecule has 4 aliphatic rings. The van der Waals surface area contributed by atoms with E-state index in [0.717, 1.165) is 23.8 Å². The third-order valence-electron chi connectivity index (χ3n) is 6.62. The van der Waals surface area contributed by atoms with Crippen molar-refractivity contribution >= 4 is 6.03 Å². The smallest absolute Gasteiger partial charge is 0.315 e. The fraction of sp³-hybridized carbons (Fsp3) is 0.700. The maximum atomic E-state index is 12.5. The second kappa shape index (κ2) is 6.95. The highest BCUT2D eigenvalue weighted by atomic mass is 16.6. The number of pyridine rings is 1. The zero-order chi connectivity index (χ0) is 18.4. The molecule has 0 unspecified atom stereocenters. The lowest BCUT2D eigenvalue weighted by Gasteiger charge is -2.25. The Morgan fingerprint density at radius 2 is 2.00 bits per heavy atom. The minimum absolute atomic E-state index is 0.0992. The van der Waals surface area contributed by atoms with Gasteiger partial charge in [-0.25, -0.2) is 4.79 Å². The number of amides is 2. The molecule has 5 rings (SSSR count). The van der Waals surface area contributed by atoms with Gasteiger partial charge in [0.15, 0.2) is 6.10 Å². The fourth-order valence-corrected chi connectivity index (χ4v) is 5.25. The zero-order valence-electron chi connectivity index (χ0n) is 15.6. The molecular formula is C20H27N3O4. The summed E-state index contributed by atoms with van der Waals surface area (Å²) in [7, 11) is 0. The maximum absolute atomic E-state index is 12.5. The summed E-state index contributed by atoms with van der Waals surface area (Å²) in [4.78, 5) is 16.7. The Bertz CT molecular complexity index is 714. The van der Waals surface area contributed by atoms with Gasteiger partial charge in [-0.1, -0.05) is 6.42 Å². The summed E-state index contributed by atoms with van der Waals surface area (Å²) in [6, 6.07) is 3.85. The number of hydrogen-bond acceptors (Lipinski definition) is 5. The number of nitrogens with one attached hydrogen (secondary N) is 2. The van der Waals surface area contributed by atoms with Crippen LogP contribution in [0.1, 0.15) is 31.4 Å². The van der Waals surface area contributed by atoms with Crippen molar-refractivity contribution in [1.29, 1.82) is 0 Å². The number of urea groups is 1. The Morgan fingerprint density at radius 1 is 1.15 bits per heavy atom.